The first kappa shape index (κ1) is 17.4. The Bertz CT molecular complexity index is 564. The molecule has 0 bridgehead atoms. The number of carbonyl (C=O) groups excluding carboxylic acids is 1. The molecule has 1 aromatic heterocycles. The number of rotatable bonds is 8. The minimum absolute atomic E-state index is 0.230. The Labute approximate surface area is 136 Å². The summed E-state index contributed by atoms with van der Waals surface area (Å²) in [6.07, 6.45) is 7.39. The van der Waals surface area contributed by atoms with Gasteiger partial charge in [-0.1, -0.05) is 31.7 Å². The lowest BCUT2D eigenvalue weighted by molar-refractivity contribution is -0.122. The summed E-state index contributed by atoms with van der Waals surface area (Å²) < 4.78 is 26.7. The molecule has 0 aromatic carbocycles. The number of hydrogen-bond acceptors (Lipinski definition) is 4. The molecule has 1 unspecified atom stereocenters. The van der Waals surface area contributed by atoms with E-state index in [4.69, 9.17) is 0 Å². The maximum atomic E-state index is 12.0. The number of nitrogens with one attached hydrogen (secondary N) is 2. The molecular weight excluding hydrogens is 320 g/mol. The quantitative estimate of drug-likeness (QED) is 0.712. The van der Waals surface area contributed by atoms with Crippen LogP contribution < -0.4 is 10.0 Å². The molecule has 2 rings (SSSR count). The fourth-order valence-corrected chi connectivity index (χ4v) is 5.03. The van der Waals surface area contributed by atoms with Crippen LogP contribution in [0.15, 0.2) is 21.7 Å². The van der Waals surface area contributed by atoms with E-state index in [1.54, 1.807) is 18.4 Å². The van der Waals surface area contributed by atoms with Gasteiger partial charge in [-0.3, -0.25) is 4.79 Å². The van der Waals surface area contributed by atoms with Gasteiger partial charge in [-0.15, -0.1) is 11.3 Å². The van der Waals surface area contributed by atoms with Gasteiger partial charge in [-0.25, -0.2) is 8.42 Å². The maximum Gasteiger partial charge on any atom is 0.250 e. The zero-order chi connectivity index (χ0) is 16.0. The highest BCUT2D eigenvalue weighted by Gasteiger charge is 2.22. The second-order valence-corrected chi connectivity index (χ2v) is 8.75. The number of amides is 1. The van der Waals surface area contributed by atoms with Crippen LogP contribution in [0.1, 0.15) is 45.4 Å². The normalized spacial score (nSPS) is 17.5. The number of hydrogen-bond donors (Lipinski definition) is 2. The van der Waals surface area contributed by atoms with E-state index in [1.807, 2.05) is 0 Å². The van der Waals surface area contributed by atoms with Crippen molar-refractivity contribution in [2.24, 2.45) is 5.92 Å². The molecule has 22 heavy (non-hydrogen) atoms. The van der Waals surface area contributed by atoms with Gasteiger partial charge in [0.15, 0.2) is 0 Å². The third-order valence-electron chi connectivity index (χ3n) is 4.05. The standard InChI is InChI=1S/C15H24N2O3S2/c1-12(17-22(19,20)14-9-5-11-21-14)15(18)16-10-4-8-13-6-2-3-7-13/h5,9,11-13,17H,2-4,6-8,10H2,1H3,(H,16,18). The van der Waals surface area contributed by atoms with Gasteiger partial charge in [-0.2, -0.15) is 4.72 Å². The summed E-state index contributed by atoms with van der Waals surface area (Å²) in [5, 5.41) is 4.51. The smallest absolute Gasteiger partial charge is 0.250 e. The van der Waals surface area contributed by atoms with Crippen molar-refractivity contribution in [1.82, 2.24) is 10.0 Å². The van der Waals surface area contributed by atoms with E-state index in [1.165, 1.54) is 31.7 Å². The fraction of sp³-hybridized carbons (Fsp3) is 0.667. The molecule has 1 aliphatic rings. The summed E-state index contributed by atoms with van der Waals surface area (Å²) in [5.74, 6) is 0.540. The van der Waals surface area contributed by atoms with Crippen LogP contribution in [0.3, 0.4) is 0 Å². The molecule has 7 heteroatoms. The van der Waals surface area contributed by atoms with Crippen LogP contribution in [0.4, 0.5) is 0 Å². The van der Waals surface area contributed by atoms with Crippen molar-refractivity contribution in [2.75, 3.05) is 6.54 Å². The van der Waals surface area contributed by atoms with E-state index in [0.717, 1.165) is 30.1 Å². The van der Waals surface area contributed by atoms with Crippen LogP contribution in [0.2, 0.25) is 0 Å². The fourth-order valence-electron chi connectivity index (χ4n) is 2.82. The van der Waals surface area contributed by atoms with Gasteiger partial charge in [0.1, 0.15) is 4.21 Å². The Balaban J connectivity index is 1.70. The number of carbonyl (C=O) groups is 1. The second kappa shape index (κ2) is 8.08. The van der Waals surface area contributed by atoms with E-state index < -0.39 is 16.1 Å². The van der Waals surface area contributed by atoms with Crippen molar-refractivity contribution in [2.45, 2.75) is 55.7 Å². The summed E-state index contributed by atoms with van der Waals surface area (Å²) in [6, 6.07) is 2.44. The molecule has 124 valence electrons. The van der Waals surface area contributed by atoms with Gasteiger partial charge in [0.2, 0.25) is 5.91 Å². The highest BCUT2D eigenvalue weighted by atomic mass is 32.2. The largest absolute Gasteiger partial charge is 0.355 e. The molecule has 1 heterocycles. The SMILES string of the molecule is CC(NS(=O)(=O)c1cccs1)C(=O)NCCCC1CCCC1. The topological polar surface area (TPSA) is 75.3 Å². The van der Waals surface area contributed by atoms with Gasteiger partial charge in [0, 0.05) is 6.54 Å². The molecule has 0 aliphatic heterocycles. The first-order chi connectivity index (χ1) is 10.5. The highest BCUT2D eigenvalue weighted by molar-refractivity contribution is 7.91. The molecule has 2 N–H and O–H groups in total. The highest BCUT2D eigenvalue weighted by Crippen LogP contribution is 2.28. The van der Waals surface area contributed by atoms with E-state index in [2.05, 4.69) is 10.0 Å². The van der Waals surface area contributed by atoms with Crippen molar-refractivity contribution in [3.05, 3.63) is 17.5 Å². The average Bonchev–Trinajstić information content (AvgIpc) is 3.15. The van der Waals surface area contributed by atoms with Gasteiger partial charge in [0.25, 0.3) is 10.0 Å². The molecule has 1 fully saturated rings. The van der Waals surface area contributed by atoms with E-state index in [-0.39, 0.29) is 10.1 Å². The summed E-state index contributed by atoms with van der Waals surface area (Å²) >= 11 is 1.14. The third kappa shape index (κ3) is 5.07. The molecule has 0 saturated heterocycles. The van der Waals surface area contributed by atoms with Crippen molar-refractivity contribution in [3.63, 3.8) is 0 Å². The molecule has 1 aromatic rings. The molecule has 1 atom stereocenters. The Morgan fingerprint density at radius 3 is 2.77 bits per heavy atom. The van der Waals surface area contributed by atoms with Crippen molar-refractivity contribution in [1.29, 1.82) is 0 Å². The van der Waals surface area contributed by atoms with Crippen LogP contribution in [0, 0.1) is 5.92 Å². The molecule has 5 nitrogen and oxygen atoms in total. The van der Waals surface area contributed by atoms with Crippen LogP contribution in [0.5, 0.6) is 0 Å². The summed E-state index contributed by atoms with van der Waals surface area (Å²) in [4.78, 5) is 12.0. The van der Waals surface area contributed by atoms with Crippen LogP contribution in [-0.2, 0) is 14.8 Å². The van der Waals surface area contributed by atoms with E-state index in [0.29, 0.717) is 6.54 Å². The first-order valence-corrected chi connectivity index (χ1v) is 10.2. The third-order valence-corrected chi connectivity index (χ3v) is 6.99. The van der Waals surface area contributed by atoms with E-state index >= 15 is 0 Å². The summed E-state index contributed by atoms with van der Waals surface area (Å²) in [5.41, 5.74) is 0. The molecular formula is C15H24N2O3S2. The Morgan fingerprint density at radius 1 is 1.41 bits per heavy atom. The van der Waals surface area contributed by atoms with Crippen LogP contribution >= 0.6 is 11.3 Å². The molecule has 0 radical (unpaired) electrons. The van der Waals surface area contributed by atoms with Gasteiger partial charge < -0.3 is 5.32 Å². The van der Waals surface area contributed by atoms with Gasteiger partial charge in [-0.05, 0) is 37.1 Å². The van der Waals surface area contributed by atoms with Crippen LogP contribution in [0.25, 0.3) is 0 Å². The molecule has 1 aliphatic carbocycles. The number of thiophene rings is 1. The van der Waals surface area contributed by atoms with Gasteiger partial charge >= 0.3 is 0 Å². The van der Waals surface area contributed by atoms with Crippen molar-refractivity contribution >= 4 is 27.3 Å². The molecule has 0 spiro atoms. The average molecular weight is 345 g/mol. The lowest BCUT2D eigenvalue weighted by Gasteiger charge is -2.14. The van der Waals surface area contributed by atoms with E-state index in [9.17, 15) is 13.2 Å². The Kier molecular flexibility index (Phi) is 6.40. The monoisotopic (exact) mass is 344 g/mol. The van der Waals surface area contributed by atoms with Gasteiger partial charge in [0.05, 0.1) is 6.04 Å². The van der Waals surface area contributed by atoms with Crippen molar-refractivity contribution < 1.29 is 13.2 Å². The lowest BCUT2D eigenvalue weighted by atomic mass is 10.0. The van der Waals surface area contributed by atoms with Crippen molar-refractivity contribution in [3.8, 4) is 0 Å². The minimum atomic E-state index is -3.60. The molecule has 1 saturated carbocycles. The maximum absolute atomic E-state index is 12.0. The zero-order valence-electron chi connectivity index (χ0n) is 12.9. The second-order valence-electron chi connectivity index (χ2n) is 5.86. The summed E-state index contributed by atoms with van der Waals surface area (Å²) in [6.45, 7) is 2.18. The number of sulfonamides is 1. The zero-order valence-corrected chi connectivity index (χ0v) is 14.5. The van der Waals surface area contributed by atoms with Crippen LogP contribution in [-0.4, -0.2) is 26.9 Å². The lowest BCUT2D eigenvalue weighted by Crippen LogP contribution is -2.44. The summed E-state index contributed by atoms with van der Waals surface area (Å²) in [7, 11) is -3.60. The Hall–Kier alpha value is -0.920. The predicted octanol–water partition coefficient (Wildman–Crippen LogP) is 2.50. The molecule has 1 amide bonds. The first-order valence-electron chi connectivity index (χ1n) is 7.82. The Morgan fingerprint density at radius 2 is 2.14 bits per heavy atom. The predicted molar refractivity (Wildman–Crippen MR) is 88.3 cm³/mol. The minimum Gasteiger partial charge on any atom is -0.355 e.